The molecule has 0 saturated heterocycles. The van der Waals surface area contributed by atoms with Gasteiger partial charge >= 0.3 is 0 Å². The lowest BCUT2D eigenvalue weighted by atomic mass is 10.1. The molecule has 0 fully saturated rings. The molecule has 0 saturated carbocycles. The standard InChI is InChI=1S/C61H41N5Si/c1-4-21-44(22-5-1)67(45-23-6-2-7-24-45,46-25-8-3-9-26-46)47-27-18-20-42(40-47)63-55-39-38-43(64-57-35-16-17-36-58(57)66-56-34-15-12-31-52(56)62-61(64)66)41-51(55)50-30-19-37-59(60(50)63)65-53-32-13-10-28-48(53)49-29-11-14-33-54(49)65/h1-41H. The fourth-order valence-corrected chi connectivity index (χ4v) is 16.1. The summed E-state index contributed by atoms with van der Waals surface area (Å²) in [6, 6.07) is 91.6. The Labute approximate surface area is 387 Å². The molecule has 0 unspecified atom stereocenters. The number of benzene rings is 10. The van der Waals surface area contributed by atoms with E-state index in [1.807, 2.05) is 0 Å². The van der Waals surface area contributed by atoms with Crippen molar-refractivity contribution in [3.63, 3.8) is 0 Å². The van der Waals surface area contributed by atoms with E-state index in [-0.39, 0.29) is 0 Å². The molecule has 0 atom stereocenters. The Balaban J connectivity index is 1.10. The minimum absolute atomic E-state index is 0.896. The first-order valence-electron chi connectivity index (χ1n) is 23.0. The van der Waals surface area contributed by atoms with Gasteiger partial charge in [-0.1, -0.05) is 176 Å². The molecule has 4 aromatic heterocycles. The largest absolute Gasteiger partial charge is 0.307 e. The van der Waals surface area contributed by atoms with Crippen LogP contribution in [0.1, 0.15) is 0 Å². The molecule has 0 amide bonds. The summed E-state index contributed by atoms with van der Waals surface area (Å²) in [5, 5.41) is 10.2. The average molecular weight is 872 g/mol. The van der Waals surface area contributed by atoms with Crippen LogP contribution in [0.5, 0.6) is 0 Å². The summed E-state index contributed by atoms with van der Waals surface area (Å²) in [4.78, 5) is 5.26. The van der Waals surface area contributed by atoms with Gasteiger partial charge in [0.2, 0.25) is 5.78 Å². The van der Waals surface area contributed by atoms with Crippen LogP contribution < -0.4 is 20.7 Å². The molecule has 5 nitrogen and oxygen atoms in total. The van der Waals surface area contributed by atoms with Crippen LogP contribution in [0.25, 0.3) is 88.5 Å². The Kier molecular flexibility index (Phi) is 8.23. The van der Waals surface area contributed by atoms with Crippen LogP contribution in [-0.2, 0) is 0 Å². The summed E-state index contributed by atoms with van der Waals surface area (Å²) in [5.41, 5.74) is 12.3. The lowest BCUT2D eigenvalue weighted by Crippen LogP contribution is -2.74. The van der Waals surface area contributed by atoms with E-state index in [1.54, 1.807) is 0 Å². The second-order valence-electron chi connectivity index (χ2n) is 17.5. The third kappa shape index (κ3) is 5.39. The lowest BCUT2D eigenvalue weighted by Gasteiger charge is -2.34. The van der Waals surface area contributed by atoms with Gasteiger partial charge in [-0.25, -0.2) is 4.98 Å². The van der Waals surface area contributed by atoms with Crippen LogP contribution in [0, 0.1) is 0 Å². The van der Waals surface area contributed by atoms with Crippen molar-refractivity contribution in [3.8, 4) is 17.1 Å². The summed E-state index contributed by atoms with van der Waals surface area (Å²) in [6.45, 7) is 0. The highest BCUT2D eigenvalue weighted by molar-refractivity contribution is 7.19. The molecule has 14 rings (SSSR count). The van der Waals surface area contributed by atoms with Gasteiger partial charge in [0.15, 0.2) is 8.07 Å². The van der Waals surface area contributed by atoms with Crippen LogP contribution in [0.15, 0.2) is 249 Å². The smallest absolute Gasteiger partial charge is 0.220 e. The molecule has 314 valence electrons. The van der Waals surface area contributed by atoms with E-state index in [9.17, 15) is 0 Å². The zero-order valence-corrected chi connectivity index (χ0v) is 37.4. The Morgan fingerprint density at radius 3 is 1.45 bits per heavy atom. The van der Waals surface area contributed by atoms with Gasteiger partial charge in [-0.15, -0.1) is 0 Å². The van der Waals surface area contributed by atoms with Gasteiger partial charge in [-0.05, 0) is 93.5 Å². The summed E-state index contributed by atoms with van der Waals surface area (Å²) >= 11 is 0. The van der Waals surface area contributed by atoms with Crippen LogP contribution in [0.2, 0.25) is 0 Å². The number of nitrogens with zero attached hydrogens (tertiary/aromatic N) is 5. The van der Waals surface area contributed by atoms with E-state index in [0.29, 0.717) is 0 Å². The zero-order valence-electron chi connectivity index (χ0n) is 36.4. The van der Waals surface area contributed by atoms with Crippen LogP contribution >= 0.6 is 0 Å². The highest BCUT2D eigenvalue weighted by Gasteiger charge is 2.41. The maximum Gasteiger partial charge on any atom is 0.220 e. The van der Waals surface area contributed by atoms with Crippen LogP contribution in [0.4, 0.5) is 0 Å². The maximum absolute atomic E-state index is 5.26. The fraction of sp³-hybridized carbons (Fsp3) is 0. The minimum Gasteiger partial charge on any atom is -0.307 e. The summed E-state index contributed by atoms with van der Waals surface area (Å²) < 4.78 is 9.63. The molecule has 0 spiro atoms. The van der Waals surface area contributed by atoms with E-state index in [2.05, 4.69) is 267 Å². The molecule has 0 N–H and O–H groups in total. The van der Waals surface area contributed by atoms with Gasteiger partial charge in [-0.2, -0.15) is 0 Å². The Morgan fingerprint density at radius 1 is 0.299 bits per heavy atom. The van der Waals surface area contributed by atoms with Crippen molar-refractivity contribution in [2.45, 2.75) is 0 Å². The van der Waals surface area contributed by atoms with Gasteiger partial charge in [0.1, 0.15) is 0 Å². The third-order valence-electron chi connectivity index (χ3n) is 14.1. The van der Waals surface area contributed by atoms with Gasteiger partial charge in [-0.3, -0.25) is 8.97 Å². The van der Waals surface area contributed by atoms with Crippen molar-refractivity contribution in [3.05, 3.63) is 249 Å². The van der Waals surface area contributed by atoms with Crippen molar-refractivity contribution < 1.29 is 0 Å². The normalized spacial score (nSPS) is 12.2. The first-order chi connectivity index (χ1) is 33.3. The van der Waals surface area contributed by atoms with Gasteiger partial charge < -0.3 is 9.13 Å². The van der Waals surface area contributed by atoms with Crippen molar-refractivity contribution in [1.82, 2.24) is 23.1 Å². The van der Waals surface area contributed by atoms with Crippen LogP contribution in [0.3, 0.4) is 0 Å². The monoisotopic (exact) mass is 871 g/mol. The van der Waals surface area contributed by atoms with Crippen molar-refractivity contribution >= 4 is 100 Å². The third-order valence-corrected chi connectivity index (χ3v) is 18.9. The second-order valence-corrected chi connectivity index (χ2v) is 21.3. The van der Waals surface area contributed by atoms with E-state index in [4.69, 9.17) is 4.98 Å². The molecule has 0 aliphatic heterocycles. The Bertz CT molecular complexity index is 4070. The average Bonchev–Trinajstić information content (AvgIpc) is 4.13. The number of aromatic nitrogens is 5. The number of rotatable bonds is 7. The number of imidazole rings is 2. The lowest BCUT2D eigenvalue weighted by molar-refractivity contribution is 1.11. The molecule has 0 aliphatic carbocycles. The molecule has 10 aromatic carbocycles. The maximum atomic E-state index is 5.26. The molecule has 4 heterocycles. The van der Waals surface area contributed by atoms with E-state index >= 15 is 0 Å². The number of hydrogen-bond acceptors (Lipinski definition) is 1. The van der Waals surface area contributed by atoms with Gasteiger partial charge in [0, 0.05) is 32.9 Å². The second kappa shape index (κ2) is 14.7. The fourth-order valence-electron chi connectivity index (χ4n) is 11.4. The van der Waals surface area contributed by atoms with Gasteiger partial charge in [0.25, 0.3) is 0 Å². The van der Waals surface area contributed by atoms with Gasteiger partial charge in [0.05, 0.1) is 49.8 Å². The molecule has 0 radical (unpaired) electrons. The molecular formula is C61H41N5Si. The van der Waals surface area contributed by atoms with Crippen molar-refractivity contribution in [2.24, 2.45) is 0 Å². The molecule has 0 aliphatic rings. The molecule has 14 aromatic rings. The number of para-hydroxylation sites is 7. The van der Waals surface area contributed by atoms with E-state index in [1.165, 1.54) is 53.3 Å². The van der Waals surface area contributed by atoms with Crippen molar-refractivity contribution in [2.75, 3.05) is 0 Å². The molecule has 67 heavy (non-hydrogen) atoms. The molecular weight excluding hydrogens is 831 g/mol. The SMILES string of the molecule is c1ccc([Si](c2ccccc2)(c2ccccc2)c2cccc(-n3c4ccc(-n5c6ccccc6n6c7ccccc7nc56)cc4c4cccc(-n5c6ccccc6c6ccccc65)c43)c2)cc1. The van der Waals surface area contributed by atoms with E-state index in [0.717, 1.165) is 55.9 Å². The molecule has 0 bridgehead atoms. The summed E-state index contributed by atoms with van der Waals surface area (Å²) in [5.74, 6) is 0.896. The Morgan fingerprint density at radius 2 is 0.791 bits per heavy atom. The van der Waals surface area contributed by atoms with E-state index < -0.39 is 8.07 Å². The summed E-state index contributed by atoms with van der Waals surface area (Å²) in [7, 11) is -2.86. The minimum atomic E-state index is -2.86. The van der Waals surface area contributed by atoms with Crippen molar-refractivity contribution in [1.29, 1.82) is 0 Å². The zero-order chi connectivity index (χ0) is 44.1. The number of hydrogen-bond donors (Lipinski definition) is 0. The number of fused-ring (bicyclic) bond motifs is 11. The highest BCUT2D eigenvalue weighted by Crippen LogP contribution is 2.41. The van der Waals surface area contributed by atoms with Crippen LogP contribution in [-0.4, -0.2) is 31.2 Å². The first kappa shape index (κ1) is 37.6. The predicted octanol–water partition coefficient (Wildman–Crippen LogP) is 12.0. The highest BCUT2D eigenvalue weighted by atomic mass is 28.3. The quantitative estimate of drug-likeness (QED) is 0.116. The Hall–Kier alpha value is -8.71. The predicted molar refractivity (Wildman–Crippen MR) is 282 cm³/mol. The first-order valence-corrected chi connectivity index (χ1v) is 25.0. The summed E-state index contributed by atoms with van der Waals surface area (Å²) in [6.07, 6.45) is 0. The topological polar surface area (TPSA) is 32.1 Å². The molecule has 6 heteroatoms.